The molecule has 1 fully saturated rings. The molecular formula is C21H32IN5O2. The maximum atomic E-state index is 5.59. The van der Waals surface area contributed by atoms with Gasteiger partial charge in [0, 0.05) is 51.9 Å². The summed E-state index contributed by atoms with van der Waals surface area (Å²) in [6, 6.07) is 10.3. The Kier molecular flexibility index (Phi) is 10.4. The molecule has 2 aromatic rings. The van der Waals surface area contributed by atoms with Crippen LogP contribution >= 0.6 is 24.0 Å². The molecule has 1 aromatic carbocycles. The van der Waals surface area contributed by atoms with Gasteiger partial charge >= 0.3 is 0 Å². The number of halogens is 1. The second-order valence-electron chi connectivity index (χ2n) is 6.83. The van der Waals surface area contributed by atoms with Gasteiger partial charge in [-0.25, -0.2) is 4.99 Å². The van der Waals surface area contributed by atoms with Crippen LogP contribution in [0.5, 0.6) is 0 Å². The summed E-state index contributed by atoms with van der Waals surface area (Å²) in [6.07, 6.45) is 1.63. The Bertz CT molecular complexity index is 730. The molecule has 0 saturated carbocycles. The number of rotatable bonds is 8. The normalized spacial score (nSPS) is 15.2. The van der Waals surface area contributed by atoms with Crippen molar-refractivity contribution >= 4 is 29.9 Å². The molecule has 0 bridgehead atoms. The zero-order valence-electron chi connectivity index (χ0n) is 17.3. The van der Waals surface area contributed by atoms with Gasteiger partial charge in [0.25, 0.3) is 0 Å². The van der Waals surface area contributed by atoms with Gasteiger partial charge in [0.1, 0.15) is 6.26 Å². The average molecular weight is 513 g/mol. The minimum Gasteiger partial charge on any atom is -0.377 e. The monoisotopic (exact) mass is 513 g/mol. The fourth-order valence-corrected chi connectivity index (χ4v) is 3.32. The summed E-state index contributed by atoms with van der Waals surface area (Å²) in [5.41, 5.74) is 3.41. The van der Waals surface area contributed by atoms with Crippen molar-refractivity contribution < 1.29 is 9.26 Å². The molecule has 2 heterocycles. The SMILES string of the molecule is CCNC(=NCc1ccccc1COCC)N1CCN(Cc2ccon2)CC1.I. The molecule has 7 nitrogen and oxygen atoms in total. The lowest BCUT2D eigenvalue weighted by Gasteiger charge is -2.36. The van der Waals surface area contributed by atoms with E-state index in [1.165, 1.54) is 11.1 Å². The van der Waals surface area contributed by atoms with Crippen LogP contribution in [0.1, 0.15) is 30.7 Å². The number of hydrogen-bond donors (Lipinski definition) is 1. The highest BCUT2D eigenvalue weighted by Gasteiger charge is 2.20. The van der Waals surface area contributed by atoms with Gasteiger partial charge in [0.05, 0.1) is 18.8 Å². The highest BCUT2D eigenvalue weighted by atomic mass is 127. The Morgan fingerprint density at radius 3 is 2.55 bits per heavy atom. The molecule has 160 valence electrons. The van der Waals surface area contributed by atoms with E-state index in [0.29, 0.717) is 13.2 Å². The zero-order chi connectivity index (χ0) is 19.6. The third-order valence-corrected chi connectivity index (χ3v) is 4.86. The molecule has 1 saturated heterocycles. The summed E-state index contributed by atoms with van der Waals surface area (Å²) in [4.78, 5) is 9.65. The summed E-state index contributed by atoms with van der Waals surface area (Å²) in [5.74, 6) is 0.981. The second kappa shape index (κ2) is 12.8. The fourth-order valence-electron chi connectivity index (χ4n) is 3.32. The van der Waals surface area contributed by atoms with Crippen molar-refractivity contribution in [3.05, 3.63) is 53.4 Å². The molecule has 1 aliphatic rings. The number of guanidine groups is 1. The Hall–Kier alpha value is -1.65. The molecule has 0 spiro atoms. The number of nitrogens with one attached hydrogen (secondary N) is 1. The second-order valence-corrected chi connectivity index (χ2v) is 6.83. The van der Waals surface area contributed by atoms with E-state index in [1.54, 1.807) is 6.26 Å². The summed E-state index contributed by atoms with van der Waals surface area (Å²) in [7, 11) is 0. The van der Waals surface area contributed by atoms with Gasteiger partial charge in [-0.2, -0.15) is 0 Å². The highest BCUT2D eigenvalue weighted by molar-refractivity contribution is 14.0. The summed E-state index contributed by atoms with van der Waals surface area (Å²) < 4.78 is 10.5. The molecule has 1 N–H and O–H groups in total. The predicted molar refractivity (Wildman–Crippen MR) is 125 cm³/mol. The summed E-state index contributed by atoms with van der Waals surface area (Å²) in [5, 5.41) is 7.45. The maximum Gasteiger partial charge on any atom is 0.194 e. The standard InChI is InChI=1S/C21H31N5O2.HI/c1-3-22-21(23-15-18-7-5-6-8-19(18)17-27-4-2)26-12-10-25(11-13-26)16-20-9-14-28-24-20;/h5-9,14H,3-4,10-13,15-17H2,1-2H3,(H,22,23);1H. The van der Waals surface area contributed by atoms with Crippen LogP contribution in [0, 0.1) is 0 Å². The first kappa shape index (κ1) is 23.6. The lowest BCUT2D eigenvalue weighted by molar-refractivity contribution is 0.133. The minimum atomic E-state index is 0. The Morgan fingerprint density at radius 1 is 1.14 bits per heavy atom. The van der Waals surface area contributed by atoms with E-state index in [2.05, 4.69) is 51.5 Å². The van der Waals surface area contributed by atoms with Crippen LogP contribution in [0.25, 0.3) is 0 Å². The van der Waals surface area contributed by atoms with Crippen molar-refractivity contribution in [2.24, 2.45) is 4.99 Å². The third kappa shape index (κ3) is 7.27. The van der Waals surface area contributed by atoms with Gasteiger partial charge in [-0.3, -0.25) is 4.90 Å². The first-order valence-electron chi connectivity index (χ1n) is 10.1. The largest absolute Gasteiger partial charge is 0.377 e. The van der Waals surface area contributed by atoms with Crippen LogP contribution < -0.4 is 5.32 Å². The van der Waals surface area contributed by atoms with Crippen molar-refractivity contribution in [2.75, 3.05) is 39.3 Å². The lowest BCUT2D eigenvalue weighted by atomic mass is 10.1. The topological polar surface area (TPSA) is 66.1 Å². The quantitative estimate of drug-likeness (QED) is 0.333. The molecule has 8 heteroatoms. The number of benzene rings is 1. The van der Waals surface area contributed by atoms with E-state index in [4.69, 9.17) is 14.3 Å². The van der Waals surface area contributed by atoms with Gasteiger partial charge in [-0.15, -0.1) is 24.0 Å². The zero-order valence-corrected chi connectivity index (χ0v) is 19.7. The van der Waals surface area contributed by atoms with Crippen molar-refractivity contribution in [2.45, 2.75) is 33.5 Å². The third-order valence-electron chi connectivity index (χ3n) is 4.86. The van der Waals surface area contributed by atoms with E-state index in [1.807, 2.05) is 13.0 Å². The van der Waals surface area contributed by atoms with E-state index in [9.17, 15) is 0 Å². The van der Waals surface area contributed by atoms with E-state index < -0.39 is 0 Å². The number of nitrogens with zero attached hydrogens (tertiary/aromatic N) is 4. The molecule has 0 atom stereocenters. The summed E-state index contributed by atoms with van der Waals surface area (Å²) >= 11 is 0. The molecule has 3 rings (SSSR count). The number of piperazine rings is 1. The van der Waals surface area contributed by atoms with Crippen LogP contribution in [-0.2, 0) is 24.4 Å². The van der Waals surface area contributed by atoms with Crippen LogP contribution in [-0.4, -0.2) is 60.2 Å². The molecule has 29 heavy (non-hydrogen) atoms. The Balaban J connectivity index is 0.00000300. The molecule has 1 aliphatic heterocycles. The average Bonchev–Trinajstić information content (AvgIpc) is 3.24. The van der Waals surface area contributed by atoms with E-state index in [0.717, 1.165) is 57.5 Å². The number of aromatic nitrogens is 1. The number of aliphatic imine (C=N–C) groups is 1. The van der Waals surface area contributed by atoms with Gasteiger partial charge in [-0.1, -0.05) is 29.4 Å². The Morgan fingerprint density at radius 2 is 1.90 bits per heavy atom. The molecule has 0 aliphatic carbocycles. The number of hydrogen-bond acceptors (Lipinski definition) is 5. The predicted octanol–water partition coefficient (Wildman–Crippen LogP) is 3.11. The van der Waals surface area contributed by atoms with Crippen molar-refractivity contribution in [1.82, 2.24) is 20.3 Å². The Labute approximate surface area is 190 Å². The van der Waals surface area contributed by atoms with E-state index >= 15 is 0 Å². The number of ether oxygens (including phenoxy) is 1. The summed E-state index contributed by atoms with van der Waals surface area (Å²) in [6.45, 7) is 11.7. The minimum absolute atomic E-state index is 0. The molecule has 0 amide bonds. The smallest absolute Gasteiger partial charge is 0.194 e. The maximum absolute atomic E-state index is 5.59. The van der Waals surface area contributed by atoms with Crippen LogP contribution in [0.3, 0.4) is 0 Å². The lowest BCUT2D eigenvalue weighted by Crippen LogP contribution is -2.52. The van der Waals surface area contributed by atoms with Crippen LogP contribution in [0.2, 0.25) is 0 Å². The highest BCUT2D eigenvalue weighted by Crippen LogP contribution is 2.13. The van der Waals surface area contributed by atoms with Crippen LogP contribution in [0.15, 0.2) is 46.1 Å². The van der Waals surface area contributed by atoms with Gasteiger partial charge in [0.15, 0.2) is 5.96 Å². The molecule has 1 aromatic heterocycles. The molecule has 0 radical (unpaired) electrons. The first-order valence-corrected chi connectivity index (χ1v) is 10.1. The van der Waals surface area contributed by atoms with E-state index in [-0.39, 0.29) is 24.0 Å². The van der Waals surface area contributed by atoms with Crippen molar-refractivity contribution in [3.63, 3.8) is 0 Å². The van der Waals surface area contributed by atoms with Gasteiger partial charge in [-0.05, 0) is 25.0 Å². The van der Waals surface area contributed by atoms with Crippen molar-refractivity contribution in [3.8, 4) is 0 Å². The molecule has 0 unspecified atom stereocenters. The first-order chi connectivity index (χ1) is 13.8. The molecular weight excluding hydrogens is 481 g/mol. The van der Waals surface area contributed by atoms with Gasteiger partial charge in [0.2, 0.25) is 0 Å². The van der Waals surface area contributed by atoms with Crippen LogP contribution in [0.4, 0.5) is 0 Å². The van der Waals surface area contributed by atoms with Gasteiger partial charge < -0.3 is 19.5 Å². The van der Waals surface area contributed by atoms with Crippen molar-refractivity contribution in [1.29, 1.82) is 0 Å². The fraction of sp³-hybridized carbons (Fsp3) is 0.524.